The first kappa shape index (κ1) is 21.0. The van der Waals surface area contributed by atoms with E-state index < -0.39 is 5.82 Å². The molecule has 7 heteroatoms. The van der Waals surface area contributed by atoms with Gasteiger partial charge in [-0.05, 0) is 30.2 Å². The zero-order valence-corrected chi connectivity index (χ0v) is 17.2. The van der Waals surface area contributed by atoms with Crippen molar-refractivity contribution < 1.29 is 9.18 Å². The molecule has 0 radical (unpaired) electrons. The van der Waals surface area contributed by atoms with E-state index in [0.29, 0.717) is 19.6 Å². The van der Waals surface area contributed by atoms with Gasteiger partial charge in [-0.15, -0.1) is 12.4 Å². The van der Waals surface area contributed by atoms with Gasteiger partial charge in [-0.25, -0.2) is 9.37 Å². The van der Waals surface area contributed by atoms with Crippen LogP contribution in [0.5, 0.6) is 0 Å². The Labute approximate surface area is 176 Å². The molecule has 0 spiro atoms. The third kappa shape index (κ3) is 4.18. The molecule has 1 amide bonds. The number of halogens is 2. The molecule has 5 nitrogen and oxygen atoms in total. The number of aromatic nitrogens is 2. The lowest BCUT2D eigenvalue weighted by Crippen LogP contribution is -2.49. The average molecular weight is 415 g/mol. The summed E-state index contributed by atoms with van der Waals surface area (Å²) in [5.41, 5.74) is 2.93. The number of nitrogens with zero attached hydrogens (tertiary/aromatic N) is 3. The molecule has 1 unspecified atom stereocenters. The highest BCUT2D eigenvalue weighted by molar-refractivity contribution is 5.95. The molecule has 1 N–H and O–H groups in total. The molecule has 152 valence electrons. The second-order valence-corrected chi connectivity index (χ2v) is 7.18. The molecular formula is C22H24ClFN4O. The molecule has 4 rings (SSSR count). The summed E-state index contributed by atoms with van der Waals surface area (Å²) in [4.78, 5) is 19.2. The van der Waals surface area contributed by atoms with Crippen molar-refractivity contribution in [3.05, 3.63) is 77.6 Å². The molecule has 1 saturated heterocycles. The zero-order chi connectivity index (χ0) is 19.7. The average Bonchev–Trinajstić information content (AvgIpc) is 3.14. The van der Waals surface area contributed by atoms with Gasteiger partial charge in [0.25, 0.3) is 5.91 Å². The molecular weight excluding hydrogens is 391 g/mol. The molecule has 0 saturated carbocycles. The summed E-state index contributed by atoms with van der Waals surface area (Å²) >= 11 is 0. The van der Waals surface area contributed by atoms with Crippen LogP contribution in [0.15, 0.2) is 54.9 Å². The highest BCUT2D eigenvalue weighted by Gasteiger charge is 2.32. The van der Waals surface area contributed by atoms with Gasteiger partial charge in [-0.1, -0.05) is 35.9 Å². The molecule has 1 aliphatic heterocycles. The summed E-state index contributed by atoms with van der Waals surface area (Å²) in [6.45, 7) is 3.79. The zero-order valence-electron chi connectivity index (χ0n) is 16.4. The quantitative estimate of drug-likeness (QED) is 0.710. The fraction of sp³-hybridized carbons (Fsp3) is 0.273. The standard InChI is InChI=1S/C22H23FN4O.ClH/c1-15-3-5-16(6-4-15)17-7-8-18(19(23)13-17)22(28)27-12-9-24-14-20(27)21-25-10-11-26(21)2;/h3-8,10-11,13,20,24H,9,12,14H2,1-2H3;1H. The Hall–Kier alpha value is -2.70. The molecule has 3 aromatic rings. The molecule has 1 aliphatic rings. The topological polar surface area (TPSA) is 50.2 Å². The normalized spacial score (nSPS) is 16.4. The summed E-state index contributed by atoms with van der Waals surface area (Å²) in [5.74, 6) is -0.0140. The van der Waals surface area contributed by atoms with E-state index in [1.807, 2.05) is 49.0 Å². The first-order valence-electron chi connectivity index (χ1n) is 9.40. The fourth-order valence-electron chi connectivity index (χ4n) is 3.65. The lowest BCUT2D eigenvalue weighted by atomic mass is 10.0. The van der Waals surface area contributed by atoms with Gasteiger partial charge >= 0.3 is 0 Å². The van der Waals surface area contributed by atoms with Crippen molar-refractivity contribution in [2.45, 2.75) is 13.0 Å². The van der Waals surface area contributed by atoms with E-state index in [-0.39, 0.29) is 29.9 Å². The Morgan fingerprint density at radius 1 is 1.17 bits per heavy atom. The number of nitrogens with one attached hydrogen (secondary N) is 1. The van der Waals surface area contributed by atoms with Crippen LogP contribution in [0.4, 0.5) is 4.39 Å². The Bertz CT molecular complexity index is 1000. The smallest absolute Gasteiger partial charge is 0.257 e. The number of aryl methyl sites for hydroxylation is 2. The van der Waals surface area contributed by atoms with Gasteiger partial charge in [0.1, 0.15) is 17.7 Å². The molecule has 29 heavy (non-hydrogen) atoms. The monoisotopic (exact) mass is 414 g/mol. The van der Waals surface area contributed by atoms with Crippen LogP contribution in [-0.2, 0) is 7.05 Å². The SMILES string of the molecule is Cc1ccc(-c2ccc(C(=O)N3CCNCC3c3nccn3C)c(F)c2)cc1.Cl. The maximum Gasteiger partial charge on any atom is 0.257 e. The Morgan fingerprint density at radius 2 is 1.90 bits per heavy atom. The van der Waals surface area contributed by atoms with Crippen molar-refractivity contribution in [2.24, 2.45) is 7.05 Å². The number of carbonyl (C=O) groups is 1. The van der Waals surface area contributed by atoms with Crippen molar-refractivity contribution in [3.63, 3.8) is 0 Å². The number of hydrogen-bond donors (Lipinski definition) is 1. The predicted molar refractivity (Wildman–Crippen MR) is 114 cm³/mol. The lowest BCUT2D eigenvalue weighted by molar-refractivity contribution is 0.0616. The van der Waals surface area contributed by atoms with E-state index >= 15 is 0 Å². The summed E-state index contributed by atoms with van der Waals surface area (Å²) in [5, 5.41) is 3.30. The van der Waals surface area contributed by atoms with Gasteiger partial charge in [-0.2, -0.15) is 0 Å². The third-order valence-corrected chi connectivity index (χ3v) is 5.25. The van der Waals surface area contributed by atoms with E-state index in [1.165, 1.54) is 6.07 Å². The number of amides is 1. The van der Waals surface area contributed by atoms with Crippen molar-refractivity contribution in [3.8, 4) is 11.1 Å². The molecule has 1 fully saturated rings. The van der Waals surface area contributed by atoms with Crippen LogP contribution >= 0.6 is 12.4 Å². The number of hydrogen-bond acceptors (Lipinski definition) is 3. The second-order valence-electron chi connectivity index (χ2n) is 7.18. The van der Waals surface area contributed by atoms with E-state index in [1.54, 1.807) is 23.2 Å². The molecule has 0 aliphatic carbocycles. The molecule has 2 aromatic carbocycles. The van der Waals surface area contributed by atoms with E-state index in [4.69, 9.17) is 0 Å². The lowest BCUT2D eigenvalue weighted by Gasteiger charge is -2.35. The maximum absolute atomic E-state index is 14.9. The maximum atomic E-state index is 14.9. The largest absolute Gasteiger partial charge is 0.336 e. The van der Waals surface area contributed by atoms with Crippen LogP contribution in [-0.4, -0.2) is 40.0 Å². The fourth-order valence-corrected chi connectivity index (χ4v) is 3.65. The number of carbonyl (C=O) groups excluding carboxylic acids is 1. The van der Waals surface area contributed by atoms with Crippen molar-refractivity contribution in [2.75, 3.05) is 19.6 Å². The van der Waals surface area contributed by atoms with Crippen LogP contribution < -0.4 is 5.32 Å². The number of imidazole rings is 1. The van der Waals surface area contributed by atoms with Crippen molar-refractivity contribution >= 4 is 18.3 Å². The summed E-state index contributed by atoms with van der Waals surface area (Å²) in [7, 11) is 1.90. The number of rotatable bonds is 3. The van der Waals surface area contributed by atoms with Gasteiger partial charge < -0.3 is 14.8 Å². The van der Waals surface area contributed by atoms with E-state index in [0.717, 1.165) is 22.5 Å². The van der Waals surface area contributed by atoms with Crippen LogP contribution in [0.25, 0.3) is 11.1 Å². The minimum absolute atomic E-state index is 0. The van der Waals surface area contributed by atoms with Crippen LogP contribution in [0, 0.1) is 12.7 Å². The predicted octanol–water partition coefficient (Wildman–Crippen LogP) is 3.74. The molecule has 1 aromatic heterocycles. The molecule has 1 atom stereocenters. The van der Waals surface area contributed by atoms with Crippen molar-refractivity contribution in [1.82, 2.24) is 19.8 Å². The Balaban J connectivity index is 0.00000240. The van der Waals surface area contributed by atoms with E-state index in [9.17, 15) is 9.18 Å². The highest BCUT2D eigenvalue weighted by atomic mass is 35.5. The van der Waals surface area contributed by atoms with Gasteiger partial charge in [-0.3, -0.25) is 4.79 Å². The third-order valence-electron chi connectivity index (χ3n) is 5.25. The van der Waals surface area contributed by atoms with Gasteiger partial charge in [0.15, 0.2) is 0 Å². The summed E-state index contributed by atoms with van der Waals surface area (Å²) in [6, 6.07) is 12.5. The minimum atomic E-state index is -0.500. The van der Waals surface area contributed by atoms with Gasteiger partial charge in [0.2, 0.25) is 0 Å². The Morgan fingerprint density at radius 3 is 2.55 bits per heavy atom. The van der Waals surface area contributed by atoms with Crippen LogP contribution in [0.2, 0.25) is 0 Å². The first-order chi connectivity index (χ1) is 13.5. The van der Waals surface area contributed by atoms with E-state index in [2.05, 4.69) is 10.3 Å². The second kappa shape index (κ2) is 8.76. The molecule has 0 bridgehead atoms. The van der Waals surface area contributed by atoms with Crippen LogP contribution in [0.1, 0.15) is 27.8 Å². The van der Waals surface area contributed by atoms with Gasteiger partial charge in [0, 0.05) is 39.1 Å². The van der Waals surface area contributed by atoms with Crippen molar-refractivity contribution in [1.29, 1.82) is 0 Å². The Kier molecular flexibility index (Phi) is 6.35. The minimum Gasteiger partial charge on any atom is -0.336 e. The first-order valence-corrected chi connectivity index (χ1v) is 9.40. The van der Waals surface area contributed by atoms with Crippen LogP contribution in [0.3, 0.4) is 0 Å². The summed E-state index contributed by atoms with van der Waals surface area (Å²) in [6.07, 6.45) is 3.56. The summed E-state index contributed by atoms with van der Waals surface area (Å²) < 4.78 is 16.8. The highest BCUT2D eigenvalue weighted by Crippen LogP contribution is 2.26. The van der Waals surface area contributed by atoms with Gasteiger partial charge in [0.05, 0.1) is 5.56 Å². The molecule has 2 heterocycles. The number of benzene rings is 2. The number of piperazine rings is 1.